The molecule has 0 radical (unpaired) electrons. The van der Waals surface area contributed by atoms with Crippen molar-refractivity contribution in [2.45, 2.75) is 6.54 Å². The number of carbonyl (C=O) groups is 2. The van der Waals surface area contributed by atoms with Crippen molar-refractivity contribution in [3.05, 3.63) is 58.8 Å². The van der Waals surface area contributed by atoms with Gasteiger partial charge in [0.15, 0.2) is 0 Å². The Morgan fingerprint density at radius 2 is 2.00 bits per heavy atom. The number of nitrogens with zero attached hydrogens (tertiary/aromatic N) is 4. The first kappa shape index (κ1) is 17.4. The fraction of sp³-hybridized carbons (Fsp3) is 0.222. The minimum absolute atomic E-state index is 0.0239. The summed E-state index contributed by atoms with van der Waals surface area (Å²) in [5.41, 5.74) is 1.70. The van der Waals surface area contributed by atoms with Crippen molar-refractivity contribution in [3.8, 4) is 0 Å². The average molecular weight is 353 g/mol. The molecule has 0 saturated carbocycles. The molecular weight excluding hydrogens is 334 g/mol. The van der Waals surface area contributed by atoms with E-state index >= 15 is 0 Å². The van der Waals surface area contributed by atoms with Gasteiger partial charge in [0.1, 0.15) is 12.1 Å². The number of anilines is 1. The van der Waals surface area contributed by atoms with Gasteiger partial charge in [-0.1, -0.05) is 0 Å². The minimum Gasteiger partial charge on any atom is -0.347 e. The van der Waals surface area contributed by atoms with Crippen LogP contribution in [-0.4, -0.2) is 44.9 Å². The van der Waals surface area contributed by atoms with Crippen LogP contribution in [0, 0.1) is 0 Å². The van der Waals surface area contributed by atoms with Crippen molar-refractivity contribution >= 4 is 28.5 Å². The highest BCUT2D eigenvalue weighted by atomic mass is 16.2. The summed E-state index contributed by atoms with van der Waals surface area (Å²) in [6.07, 6.45) is 3.18. The Hall–Kier alpha value is -3.42. The molecule has 2 heterocycles. The van der Waals surface area contributed by atoms with Crippen LogP contribution < -0.4 is 10.9 Å². The highest BCUT2D eigenvalue weighted by Gasteiger charge is 2.15. The second-order valence-electron chi connectivity index (χ2n) is 6.16. The number of pyridine rings is 1. The van der Waals surface area contributed by atoms with Gasteiger partial charge in [-0.25, -0.2) is 4.98 Å². The van der Waals surface area contributed by atoms with Gasteiger partial charge in [-0.05, 0) is 30.3 Å². The van der Waals surface area contributed by atoms with Gasteiger partial charge < -0.3 is 19.4 Å². The van der Waals surface area contributed by atoms with Crippen molar-refractivity contribution < 1.29 is 9.59 Å². The number of likely N-dealkylation sites (N-methyl/N-ethyl adjacent to an activating group) is 1. The molecule has 3 aromatic rings. The van der Waals surface area contributed by atoms with Gasteiger partial charge in [-0.15, -0.1) is 0 Å². The Bertz CT molecular complexity index is 1050. The third-order valence-electron chi connectivity index (χ3n) is 4.05. The fourth-order valence-corrected chi connectivity index (χ4v) is 2.52. The van der Waals surface area contributed by atoms with E-state index in [0.717, 1.165) is 11.0 Å². The second kappa shape index (κ2) is 6.83. The van der Waals surface area contributed by atoms with Crippen molar-refractivity contribution in [1.29, 1.82) is 0 Å². The number of rotatable bonds is 4. The molecule has 0 fully saturated rings. The molecule has 0 aliphatic heterocycles. The molecule has 0 aliphatic carbocycles. The Morgan fingerprint density at radius 3 is 2.73 bits per heavy atom. The van der Waals surface area contributed by atoms with Crippen LogP contribution in [-0.2, 0) is 18.4 Å². The molecule has 8 heteroatoms. The zero-order valence-corrected chi connectivity index (χ0v) is 14.8. The van der Waals surface area contributed by atoms with E-state index in [4.69, 9.17) is 0 Å². The summed E-state index contributed by atoms with van der Waals surface area (Å²) in [7, 11) is 5.08. The Morgan fingerprint density at radius 1 is 1.23 bits per heavy atom. The number of hydrogen-bond acceptors (Lipinski definition) is 4. The summed E-state index contributed by atoms with van der Waals surface area (Å²) < 4.78 is 3.06. The Balaban J connectivity index is 1.86. The number of benzene rings is 1. The lowest BCUT2D eigenvalue weighted by Gasteiger charge is -2.12. The van der Waals surface area contributed by atoms with Gasteiger partial charge in [0.05, 0.1) is 17.4 Å². The third-order valence-corrected chi connectivity index (χ3v) is 4.05. The largest absolute Gasteiger partial charge is 0.347 e. The first-order valence-corrected chi connectivity index (χ1v) is 7.99. The van der Waals surface area contributed by atoms with Crippen LogP contribution in [0.2, 0.25) is 0 Å². The van der Waals surface area contributed by atoms with Crippen molar-refractivity contribution in [3.63, 3.8) is 0 Å². The molecule has 134 valence electrons. The maximum atomic E-state index is 12.5. The number of carbonyl (C=O) groups excluding carboxylic acids is 2. The van der Waals surface area contributed by atoms with Crippen molar-refractivity contribution in [2.75, 3.05) is 19.4 Å². The fourth-order valence-electron chi connectivity index (χ4n) is 2.52. The number of nitrogens with one attached hydrogen (secondary N) is 1. The summed E-state index contributed by atoms with van der Waals surface area (Å²) in [6, 6.07) is 8.33. The monoisotopic (exact) mass is 353 g/mol. The number of hydrogen-bond donors (Lipinski definition) is 1. The molecular formula is C18H19N5O3. The summed E-state index contributed by atoms with van der Waals surface area (Å²) in [5.74, 6) is -0.755. The first-order chi connectivity index (χ1) is 12.4. The molecule has 0 aliphatic rings. The van der Waals surface area contributed by atoms with Crippen LogP contribution in [0.5, 0.6) is 0 Å². The predicted molar refractivity (Wildman–Crippen MR) is 98.1 cm³/mol. The lowest BCUT2D eigenvalue weighted by Crippen LogP contribution is -2.34. The van der Waals surface area contributed by atoms with E-state index in [-0.39, 0.29) is 18.0 Å². The molecule has 26 heavy (non-hydrogen) atoms. The smallest absolute Gasteiger partial charge is 0.263 e. The quantitative estimate of drug-likeness (QED) is 0.760. The molecule has 0 unspecified atom stereocenters. The molecule has 0 atom stereocenters. The van der Waals surface area contributed by atoms with E-state index < -0.39 is 11.5 Å². The molecule has 2 amide bonds. The molecule has 1 aromatic carbocycles. The first-order valence-electron chi connectivity index (χ1n) is 7.99. The summed E-state index contributed by atoms with van der Waals surface area (Å²) >= 11 is 0. The summed E-state index contributed by atoms with van der Waals surface area (Å²) in [5, 5.41) is 2.72. The molecule has 1 N–H and O–H groups in total. The SMILES string of the molecule is CN(C)C(=O)Cn1cccc(C(=O)Nc2ccc3ncn(C)c3c2)c1=O. The van der Waals surface area contributed by atoms with Gasteiger partial charge in [0.2, 0.25) is 5.91 Å². The van der Waals surface area contributed by atoms with Crippen molar-refractivity contribution in [1.82, 2.24) is 19.0 Å². The van der Waals surface area contributed by atoms with Crippen LogP contribution in [0.3, 0.4) is 0 Å². The van der Waals surface area contributed by atoms with Crippen LogP contribution >= 0.6 is 0 Å². The van der Waals surface area contributed by atoms with Gasteiger partial charge in [0, 0.05) is 33.0 Å². The molecule has 0 spiro atoms. The summed E-state index contributed by atoms with van der Waals surface area (Å²) in [4.78, 5) is 42.5. The highest BCUT2D eigenvalue weighted by Crippen LogP contribution is 2.17. The van der Waals surface area contributed by atoms with Gasteiger partial charge >= 0.3 is 0 Å². The van der Waals surface area contributed by atoms with E-state index in [1.165, 1.54) is 21.7 Å². The van der Waals surface area contributed by atoms with E-state index in [1.54, 1.807) is 44.7 Å². The topological polar surface area (TPSA) is 89.2 Å². The average Bonchev–Trinajstić information content (AvgIpc) is 2.97. The van der Waals surface area contributed by atoms with Crippen LogP contribution in [0.15, 0.2) is 47.7 Å². The normalized spacial score (nSPS) is 10.7. The van der Waals surface area contributed by atoms with E-state index in [0.29, 0.717) is 5.69 Å². The number of aromatic nitrogens is 3. The number of fused-ring (bicyclic) bond motifs is 1. The molecule has 0 bridgehead atoms. The lowest BCUT2D eigenvalue weighted by molar-refractivity contribution is -0.129. The third kappa shape index (κ3) is 3.34. The maximum Gasteiger partial charge on any atom is 0.263 e. The van der Waals surface area contributed by atoms with Gasteiger partial charge in [-0.3, -0.25) is 14.4 Å². The number of imidazole rings is 1. The number of aryl methyl sites for hydroxylation is 1. The minimum atomic E-state index is -0.525. The molecule has 3 rings (SSSR count). The van der Waals surface area contributed by atoms with E-state index in [9.17, 15) is 14.4 Å². The Kier molecular flexibility index (Phi) is 4.57. The zero-order chi connectivity index (χ0) is 18.8. The highest BCUT2D eigenvalue weighted by molar-refractivity contribution is 6.04. The molecule has 2 aromatic heterocycles. The van der Waals surface area contributed by atoms with Gasteiger partial charge in [-0.2, -0.15) is 0 Å². The van der Waals surface area contributed by atoms with Crippen molar-refractivity contribution in [2.24, 2.45) is 7.05 Å². The lowest BCUT2D eigenvalue weighted by atomic mass is 10.2. The second-order valence-corrected chi connectivity index (χ2v) is 6.16. The summed E-state index contributed by atoms with van der Waals surface area (Å²) in [6.45, 7) is -0.117. The van der Waals surface area contributed by atoms with Crippen LogP contribution in [0.25, 0.3) is 11.0 Å². The van der Waals surface area contributed by atoms with E-state index in [2.05, 4.69) is 10.3 Å². The molecule has 8 nitrogen and oxygen atoms in total. The van der Waals surface area contributed by atoms with Crippen LogP contribution in [0.1, 0.15) is 10.4 Å². The number of amides is 2. The van der Waals surface area contributed by atoms with E-state index in [1.807, 2.05) is 11.6 Å². The van der Waals surface area contributed by atoms with Crippen LogP contribution in [0.4, 0.5) is 5.69 Å². The molecule has 0 saturated heterocycles. The standard InChI is InChI=1S/C18H19N5O3/c1-21(2)16(24)10-23-8-4-5-13(18(23)26)17(25)20-12-6-7-14-15(9-12)22(3)11-19-14/h4-9,11H,10H2,1-3H3,(H,20,25). The maximum absolute atomic E-state index is 12.5. The van der Waals surface area contributed by atoms with Gasteiger partial charge in [0.25, 0.3) is 11.5 Å². The zero-order valence-electron chi connectivity index (χ0n) is 14.8. The Labute approximate surface area is 149 Å². The predicted octanol–water partition coefficient (Wildman–Crippen LogP) is 1.08.